The number of nitrogens with zero attached hydrogens (tertiary/aromatic N) is 5. The van der Waals surface area contributed by atoms with Gasteiger partial charge < -0.3 is 15.1 Å². The van der Waals surface area contributed by atoms with Crippen LogP contribution in [0.3, 0.4) is 0 Å². The van der Waals surface area contributed by atoms with Crippen LogP contribution < -0.4 is 10.6 Å². The molecule has 8 nitrogen and oxygen atoms in total. The molecule has 0 aliphatic carbocycles. The van der Waals surface area contributed by atoms with Crippen LogP contribution in [0.4, 0.5) is 0 Å². The highest BCUT2D eigenvalue weighted by molar-refractivity contribution is 7.98. The Bertz CT molecular complexity index is 1090. The van der Waals surface area contributed by atoms with Gasteiger partial charge in [-0.25, -0.2) is 4.68 Å². The second-order valence-electron chi connectivity index (χ2n) is 6.95. The Morgan fingerprint density at radius 3 is 2.57 bits per heavy atom. The molecule has 0 unspecified atom stereocenters. The molecule has 154 valence electrons. The van der Waals surface area contributed by atoms with Gasteiger partial charge in [0.05, 0.1) is 5.75 Å². The van der Waals surface area contributed by atoms with Gasteiger partial charge >= 0.3 is 0 Å². The summed E-state index contributed by atoms with van der Waals surface area (Å²) >= 11 is 1.38. The minimum atomic E-state index is 0.228. The van der Waals surface area contributed by atoms with Crippen molar-refractivity contribution < 1.29 is 9.26 Å². The van der Waals surface area contributed by atoms with E-state index in [0.717, 1.165) is 11.3 Å². The molecule has 0 saturated heterocycles. The number of nitrogens with two attached hydrogens (primary N) is 1. The first kappa shape index (κ1) is 20.0. The van der Waals surface area contributed by atoms with Crippen LogP contribution in [0.2, 0.25) is 0 Å². The molecule has 0 aliphatic rings. The summed E-state index contributed by atoms with van der Waals surface area (Å²) < 4.78 is 12.5. The van der Waals surface area contributed by atoms with Crippen LogP contribution in [0, 0.1) is 0 Å². The molecule has 4 rings (SSSR count). The van der Waals surface area contributed by atoms with E-state index >= 15 is 0 Å². The Labute approximate surface area is 178 Å². The van der Waals surface area contributed by atoms with Gasteiger partial charge in [-0.1, -0.05) is 61.1 Å². The SMILES string of the molecule is CC(C)c1ccc(OCc2nnc(SCc3noc(-c4ccccc4)n3)n2N)cc1. The molecule has 0 spiro atoms. The molecule has 4 aromatic rings. The van der Waals surface area contributed by atoms with Gasteiger partial charge in [-0.05, 0) is 35.7 Å². The van der Waals surface area contributed by atoms with E-state index in [1.165, 1.54) is 22.0 Å². The molecular formula is C21H22N6O2S. The Morgan fingerprint density at radius 1 is 1.07 bits per heavy atom. The zero-order valence-electron chi connectivity index (χ0n) is 16.7. The van der Waals surface area contributed by atoms with E-state index in [0.29, 0.717) is 34.4 Å². The lowest BCUT2D eigenvalue weighted by atomic mass is 10.0. The fourth-order valence-corrected chi connectivity index (χ4v) is 3.46. The minimum Gasteiger partial charge on any atom is -0.486 e. The lowest BCUT2D eigenvalue weighted by Gasteiger charge is -2.08. The van der Waals surface area contributed by atoms with E-state index in [4.69, 9.17) is 15.1 Å². The topological polar surface area (TPSA) is 105 Å². The first-order chi connectivity index (χ1) is 14.6. The van der Waals surface area contributed by atoms with Gasteiger partial charge in [-0.15, -0.1) is 10.2 Å². The summed E-state index contributed by atoms with van der Waals surface area (Å²) in [7, 11) is 0. The summed E-state index contributed by atoms with van der Waals surface area (Å²) in [5.41, 5.74) is 2.14. The number of aromatic nitrogens is 5. The smallest absolute Gasteiger partial charge is 0.257 e. The number of ether oxygens (including phenoxy) is 1. The molecular weight excluding hydrogens is 400 g/mol. The fourth-order valence-electron chi connectivity index (χ4n) is 2.74. The van der Waals surface area contributed by atoms with Gasteiger partial charge in [0.15, 0.2) is 11.6 Å². The van der Waals surface area contributed by atoms with Crippen LogP contribution in [0.15, 0.2) is 64.3 Å². The number of benzene rings is 2. The van der Waals surface area contributed by atoms with Crippen LogP contribution in [0.1, 0.15) is 37.0 Å². The van der Waals surface area contributed by atoms with Crippen molar-refractivity contribution in [2.75, 3.05) is 5.84 Å². The summed E-state index contributed by atoms with van der Waals surface area (Å²) in [6.45, 7) is 4.54. The van der Waals surface area contributed by atoms with E-state index < -0.39 is 0 Å². The predicted octanol–water partition coefficient (Wildman–Crippen LogP) is 4.04. The van der Waals surface area contributed by atoms with Gasteiger partial charge in [0.2, 0.25) is 5.16 Å². The molecule has 2 heterocycles. The first-order valence-electron chi connectivity index (χ1n) is 9.53. The summed E-state index contributed by atoms with van der Waals surface area (Å²) in [5.74, 6) is 9.40. The zero-order valence-corrected chi connectivity index (χ0v) is 17.5. The second-order valence-corrected chi connectivity index (χ2v) is 7.89. The first-order valence-corrected chi connectivity index (χ1v) is 10.5. The molecule has 30 heavy (non-hydrogen) atoms. The summed E-state index contributed by atoms with van der Waals surface area (Å²) in [6, 6.07) is 17.6. The lowest BCUT2D eigenvalue weighted by Crippen LogP contribution is -2.15. The van der Waals surface area contributed by atoms with Crippen molar-refractivity contribution in [1.82, 2.24) is 25.0 Å². The normalized spacial score (nSPS) is 11.2. The Kier molecular flexibility index (Phi) is 5.99. The molecule has 0 atom stereocenters. The van der Waals surface area contributed by atoms with Gasteiger partial charge in [0, 0.05) is 5.56 Å². The van der Waals surface area contributed by atoms with Crippen molar-refractivity contribution >= 4 is 11.8 Å². The molecule has 0 amide bonds. The van der Waals surface area contributed by atoms with Crippen molar-refractivity contribution in [3.8, 4) is 17.2 Å². The van der Waals surface area contributed by atoms with E-state index in [2.05, 4.69) is 46.3 Å². The molecule has 0 fully saturated rings. The van der Waals surface area contributed by atoms with Crippen molar-refractivity contribution in [2.45, 2.75) is 37.3 Å². The van der Waals surface area contributed by atoms with E-state index in [1.807, 2.05) is 42.5 Å². The minimum absolute atomic E-state index is 0.228. The van der Waals surface area contributed by atoms with Gasteiger partial charge in [0.1, 0.15) is 12.4 Å². The average molecular weight is 423 g/mol. The third kappa shape index (κ3) is 4.62. The molecule has 0 aliphatic heterocycles. The molecule has 9 heteroatoms. The fraction of sp³-hybridized carbons (Fsp3) is 0.238. The number of thioether (sulfide) groups is 1. The number of hydrogen-bond donors (Lipinski definition) is 1. The maximum Gasteiger partial charge on any atom is 0.257 e. The van der Waals surface area contributed by atoms with Crippen molar-refractivity contribution in [1.29, 1.82) is 0 Å². The maximum absolute atomic E-state index is 6.12. The van der Waals surface area contributed by atoms with Crippen LogP contribution in [-0.4, -0.2) is 25.0 Å². The quantitative estimate of drug-likeness (QED) is 0.335. The van der Waals surface area contributed by atoms with Gasteiger partial charge in [-0.2, -0.15) is 4.98 Å². The van der Waals surface area contributed by atoms with E-state index in [9.17, 15) is 0 Å². The summed E-state index contributed by atoms with van der Waals surface area (Å²) in [4.78, 5) is 4.41. The number of rotatable bonds is 8. The van der Waals surface area contributed by atoms with Gasteiger partial charge in [-0.3, -0.25) is 0 Å². The second kappa shape index (κ2) is 9.00. The van der Waals surface area contributed by atoms with Crippen LogP contribution in [-0.2, 0) is 12.4 Å². The van der Waals surface area contributed by atoms with Crippen molar-refractivity contribution in [3.05, 3.63) is 71.8 Å². The molecule has 0 bridgehead atoms. The molecule has 0 saturated carbocycles. The molecule has 2 N–H and O–H groups in total. The van der Waals surface area contributed by atoms with Crippen molar-refractivity contribution in [3.63, 3.8) is 0 Å². The highest BCUT2D eigenvalue weighted by atomic mass is 32.2. The van der Waals surface area contributed by atoms with Crippen LogP contribution in [0.25, 0.3) is 11.5 Å². The van der Waals surface area contributed by atoms with Crippen LogP contribution >= 0.6 is 11.8 Å². The molecule has 2 aromatic heterocycles. The highest BCUT2D eigenvalue weighted by Gasteiger charge is 2.14. The average Bonchev–Trinajstić information content (AvgIpc) is 3.38. The highest BCUT2D eigenvalue weighted by Crippen LogP contribution is 2.23. The third-order valence-corrected chi connectivity index (χ3v) is 5.41. The standard InChI is InChI=1S/C21H22N6O2S/c1-14(2)15-8-10-17(11-9-15)28-12-19-24-25-21(27(19)22)30-13-18-23-20(29-26-18)16-6-4-3-5-7-16/h3-11,14H,12-13,22H2,1-2H3. The summed E-state index contributed by atoms with van der Waals surface area (Å²) in [5, 5.41) is 12.8. The Morgan fingerprint density at radius 2 is 1.83 bits per heavy atom. The Hall–Kier alpha value is -3.33. The molecule has 2 aromatic carbocycles. The zero-order chi connectivity index (χ0) is 20.9. The van der Waals surface area contributed by atoms with Gasteiger partial charge in [0.25, 0.3) is 5.89 Å². The molecule has 0 radical (unpaired) electrons. The summed E-state index contributed by atoms with van der Waals surface area (Å²) in [6.07, 6.45) is 0. The Balaban J connectivity index is 1.34. The number of hydrogen-bond acceptors (Lipinski definition) is 8. The van der Waals surface area contributed by atoms with E-state index in [-0.39, 0.29) is 6.61 Å². The van der Waals surface area contributed by atoms with Crippen LogP contribution in [0.5, 0.6) is 5.75 Å². The largest absolute Gasteiger partial charge is 0.486 e. The van der Waals surface area contributed by atoms with Crippen molar-refractivity contribution in [2.24, 2.45) is 0 Å². The monoisotopic (exact) mass is 422 g/mol. The lowest BCUT2D eigenvalue weighted by molar-refractivity contribution is 0.291. The van der Waals surface area contributed by atoms with E-state index in [1.54, 1.807) is 0 Å². The predicted molar refractivity (Wildman–Crippen MR) is 114 cm³/mol. The maximum atomic E-state index is 6.12. The number of nitrogen functional groups attached to an aromatic ring is 1. The third-order valence-electron chi connectivity index (χ3n) is 4.47.